The molecule has 0 aliphatic carbocycles. The summed E-state index contributed by atoms with van der Waals surface area (Å²) >= 11 is 0. The Morgan fingerprint density at radius 2 is 0.912 bits per heavy atom. The number of nitrogens with two attached hydrogens (primary N) is 4. The maximum Gasteiger partial charge on any atom is 0.490 e. The summed E-state index contributed by atoms with van der Waals surface area (Å²) in [6.45, 7) is -2.07. The van der Waals surface area contributed by atoms with Crippen LogP contribution in [0.4, 0.5) is 23.0 Å². The average molecular weight is 1250 g/mol. The second kappa shape index (κ2) is 24.0. The van der Waals surface area contributed by atoms with Crippen LogP contribution < -0.4 is 22.9 Å². The smallest absolute Gasteiger partial charge is 0.453 e. The minimum absolute atomic E-state index is 0.00268. The summed E-state index contributed by atoms with van der Waals surface area (Å²) in [5.74, 6) is -1.99. The largest absolute Gasteiger partial charge is 0.490 e. The van der Waals surface area contributed by atoms with Gasteiger partial charge in [0.05, 0.1) is 37.0 Å². The van der Waals surface area contributed by atoms with E-state index in [0.717, 1.165) is 12.7 Å². The molecule has 2 aliphatic heterocycles. The number of phosphoric acid groups is 6. The molecular formula is C34H42N12O28P6. The van der Waals surface area contributed by atoms with E-state index in [0.29, 0.717) is 0 Å². The number of rotatable bonds is 20. The molecule has 4 aromatic heterocycles. The van der Waals surface area contributed by atoms with Gasteiger partial charge in [0.15, 0.2) is 47.6 Å². The van der Waals surface area contributed by atoms with Gasteiger partial charge in [0, 0.05) is 11.4 Å². The van der Waals surface area contributed by atoms with E-state index in [2.05, 4.69) is 56.2 Å². The third-order valence-electron chi connectivity index (χ3n) is 10.4. The van der Waals surface area contributed by atoms with E-state index in [1.165, 1.54) is 58.2 Å². The standard InChI is InChI=1S/2C17H21N6O14P3/c18-9-4-2-1-3-8(9)17(25)35-13-10(5-33-39(29,30)37-40(31,32)36-38(26,27)28)34-16(12(13)24)23-7-22-11-14(19)20-6-21-15(11)23;18-9-4-2-1-3-8(9)17(25)35-13-12(24)10(5-33-39(29,30)37-40(31,32)36-38(26,27)28)34-16(13)23-7-22-11-14(19)20-6-21-15(11)23/h2*1-4,6-7,10,12-13,16,24H,5,18H2,(H,29,30)(H,31,32)(H2,19,20,21)(H2,26,27,28)/t2*10-,12-,13-,16-/m11/s1. The zero-order valence-corrected chi connectivity index (χ0v) is 44.7. The number of nitrogen functional groups attached to an aromatic ring is 4. The summed E-state index contributed by atoms with van der Waals surface area (Å²) < 4.78 is 118. The fourth-order valence-corrected chi connectivity index (χ4v) is 13.3. The molecule has 2 fully saturated rings. The van der Waals surface area contributed by atoms with Crippen molar-refractivity contribution in [2.45, 2.75) is 49.1 Å². The predicted molar refractivity (Wildman–Crippen MR) is 259 cm³/mol. The van der Waals surface area contributed by atoms with Crippen molar-refractivity contribution >= 4 is 104 Å². The highest BCUT2D eigenvalue weighted by Gasteiger charge is 2.52. The van der Waals surface area contributed by atoms with Gasteiger partial charge in [-0.15, -0.1) is 0 Å². The lowest BCUT2D eigenvalue weighted by Gasteiger charge is -2.22. The Bertz CT molecular complexity index is 3590. The second-order valence-corrected chi connectivity index (χ2v) is 24.8. The molecule has 40 nitrogen and oxygen atoms in total. The molecule has 2 saturated heterocycles. The molecule has 80 heavy (non-hydrogen) atoms. The number of fused-ring (bicyclic) bond motifs is 2. The molecule has 6 heterocycles. The molecule has 0 spiro atoms. The normalized spacial score (nSPS) is 24.4. The molecule has 46 heteroatoms. The molecule has 6 aromatic rings. The molecule has 0 amide bonds. The third kappa shape index (κ3) is 15.5. The minimum atomic E-state index is -5.81. The summed E-state index contributed by atoms with van der Waals surface area (Å²) in [6.07, 6.45) is -7.97. The molecule has 12 atom stereocenters. The van der Waals surface area contributed by atoms with Crippen LogP contribution in [0.25, 0.3) is 22.3 Å². The monoisotopic (exact) mass is 1250 g/mol. The van der Waals surface area contributed by atoms with Gasteiger partial charge >= 0.3 is 58.9 Å². The van der Waals surface area contributed by atoms with Crippen LogP contribution in [0.2, 0.25) is 0 Å². The molecule has 18 N–H and O–H groups in total. The first-order valence-corrected chi connectivity index (χ1v) is 30.4. The van der Waals surface area contributed by atoms with Crippen molar-refractivity contribution in [1.82, 2.24) is 39.0 Å². The number of aromatic nitrogens is 8. The van der Waals surface area contributed by atoms with E-state index in [1.54, 1.807) is 12.1 Å². The molecule has 8 rings (SSSR count). The maximum absolute atomic E-state index is 12.9. The van der Waals surface area contributed by atoms with Gasteiger partial charge in [-0.3, -0.25) is 18.2 Å². The molecule has 0 saturated carbocycles. The number of esters is 2. The Hall–Kier alpha value is -5.66. The third-order valence-corrected chi connectivity index (χ3v) is 18.0. The molecule has 4 unspecified atom stereocenters. The SMILES string of the molecule is Nc1ccccc1C(=O)O[C@@H]1[C@H](O)[C@@H](COP(=O)(O)OP(=O)(O)OP(=O)(O)O)O[C@H]1n1cnc2c(N)ncnc21.Nc1ccccc1C(=O)O[C@H]1[C@@H](O)[C@H](n2cnc3c(N)ncnc32)O[C@@H]1COP(=O)(O)OP(=O)(O)OP(=O)(O)O. The number of para-hydroxylation sites is 2. The van der Waals surface area contributed by atoms with Crippen molar-refractivity contribution in [3.05, 3.63) is 85.0 Å². The van der Waals surface area contributed by atoms with Crippen molar-refractivity contribution in [3.8, 4) is 0 Å². The fourth-order valence-electron chi connectivity index (χ4n) is 7.23. The number of ether oxygens (including phenoxy) is 4. The minimum Gasteiger partial charge on any atom is -0.453 e. The van der Waals surface area contributed by atoms with Crippen LogP contribution in [0.15, 0.2) is 73.8 Å². The maximum atomic E-state index is 12.9. The number of imidazole rings is 2. The molecule has 2 aliphatic rings. The van der Waals surface area contributed by atoms with Gasteiger partial charge in [-0.05, 0) is 24.3 Å². The zero-order valence-electron chi connectivity index (χ0n) is 39.4. The Balaban J connectivity index is 0.000000231. The first-order valence-electron chi connectivity index (χ1n) is 21.3. The van der Waals surface area contributed by atoms with Crippen LogP contribution in [0.5, 0.6) is 0 Å². The van der Waals surface area contributed by atoms with Crippen molar-refractivity contribution in [1.29, 1.82) is 0 Å². The number of nitrogens with zero attached hydrogens (tertiary/aromatic N) is 8. The van der Waals surface area contributed by atoms with Crippen LogP contribution in [-0.2, 0) is 72.6 Å². The number of aliphatic hydroxyl groups is 2. The van der Waals surface area contributed by atoms with Crippen LogP contribution in [0.1, 0.15) is 33.2 Å². The number of hydrogen-bond donors (Lipinski definition) is 14. The number of phosphoric ester groups is 2. The first kappa shape index (κ1) is 61.9. The number of anilines is 4. The Labute approximate surface area is 444 Å². The van der Waals surface area contributed by atoms with Gasteiger partial charge in [-0.1, -0.05) is 24.3 Å². The topological polar surface area (TPSA) is 622 Å². The van der Waals surface area contributed by atoms with Gasteiger partial charge in [-0.25, -0.2) is 66.9 Å². The van der Waals surface area contributed by atoms with Crippen molar-refractivity contribution < 1.29 is 132 Å². The van der Waals surface area contributed by atoms with Crippen molar-refractivity contribution in [2.75, 3.05) is 36.1 Å². The molecule has 436 valence electrons. The number of carbonyl (C=O) groups is 2. The Morgan fingerprint density at radius 1 is 0.512 bits per heavy atom. The number of carbonyl (C=O) groups excluding carboxylic acids is 2. The van der Waals surface area contributed by atoms with Gasteiger partial charge < -0.3 is 91.2 Å². The van der Waals surface area contributed by atoms with Gasteiger partial charge in [0.25, 0.3) is 0 Å². The lowest BCUT2D eigenvalue weighted by atomic mass is 10.1. The highest BCUT2D eigenvalue weighted by atomic mass is 31.3. The lowest BCUT2D eigenvalue weighted by Crippen LogP contribution is -2.38. The summed E-state index contributed by atoms with van der Waals surface area (Å²) in [7, 11) is -34.0. The van der Waals surface area contributed by atoms with Gasteiger partial charge in [0.2, 0.25) is 0 Å². The highest BCUT2D eigenvalue weighted by molar-refractivity contribution is 7.67. The summed E-state index contributed by atoms with van der Waals surface area (Å²) in [5, 5.41) is 22.0. The summed E-state index contributed by atoms with van der Waals surface area (Å²) in [5.41, 5.74) is 23.6. The molecule has 0 radical (unpaired) electrons. The van der Waals surface area contributed by atoms with Crippen LogP contribution >= 0.6 is 46.9 Å². The Kier molecular flexibility index (Phi) is 18.6. The lowest BCUT2D eigenvalue weighted by molar-refractivity contribution is -0.0558. The van der Waals surface area contributed by atoms with E-state index in [9.17, 15) is 66.8 Å². The highest BCUT2D eigenvalue weighted by Crippen LogP contribution is 2.67. The summed E-state index contributed by atoms with van der Waals surface area (Å²) in [4.78, 5) is 122. The quantitative estimate of drug-likeness (QED) is 0.0263. The molecule has 0 bridgehead atoms. The van der Waals surface area contributed by atoms with Crippen LogP contribution in [-0.4, -0.2) is 150 Å². The van der Waals surface area contributed by atoms with E-state index in [-0.39, 0.29) is 56.5 Å². The van der Waals surface area contributed by atoms with Crippen molar-refractivity contribution in [2.24, 2.45) is 0 Å². The van der Waals surface area contributed by atoms with Crippen LogP contribution in [0.3, 0.4) is 0 Å². The number of aliphatic hydroxyl groups excluding tert-OH is 2. The molecule has 2 aromatic carbocycles. The summed E-state index contributed by atoms with van der Waals surface area (Å²) in [6, 6.07) is 11.7. The number of benzene rings is 2. The zero-order chi connectivity index (χ0) is 58.9. The van der Waals surface area contributed by atoms with E-state index in [1.807, 2.05) is 0 Å². The van der Waals surface area contributed by atoms with E-state index < -0.39 is 121 Å². The first-order chi connectivity index (χ1) is 37.1. The Morgan fingerprint density at radius 3 is 1.35 bits per heavy atom. The second-order valence-electron chi connectivity index (χ2n) is 16.0. The average Bonchev–Trinajstić information content (AvgIpc) is 4.18. The molecular weight excluding hydrogens is 1210 g/mol. The van der Waals surface area contributed by atoms with Crippen molar-refractivity contribution in [3.63, 3.8) is 0 Å². The predicted octanol–water partition coefficient (Wildman–Crippen LogP) is -0.364. The van der Waals surface area contributed by atoms with Gasteiger partial charge in [-0.2, -0.15) is 17.2 Å². The fraction of sp³-hybridized carbons (Fsp3) is 0.294. The number of hydrogen-bond acceptors (Lipinski definition) is 30. The van der Waals surface area contributed by atoms with E-state index >= 15 is 0 Å². The van der Waals surface area contributed by atoms with Gasteiger partial charge in [0.1, 0.15) is 48.1 Å². The van der Waals surface area contributed by atoms with E-state index in [4.69, 9.17) is 61.5 Å². The van der Waals surface area contributed by atoms with Crippen LogP contribution in [0, 0.1) is 0 Å².